The molecule has 2 atom stereocenters. The van der Waals surface area contributed by atoms with E-state index in [1.807, 2.05) is 0 Å². The number of carbonyl (C=O) groups is 1. The van der Waals surface area contributed by atoms with E-state index in [9.17, 15) is 18.0 Å². The van der Waals surface area contributed by atoms with Crippen LogP contribution >= 0.6 is 11.6 Å². The number of fused-ring (bicyclic) bond motifs is 1. The SMILES string of the molecule is CN(C(=O)c1nn2c(c1Cl)NC(c1ccco1)CC2C(F)(F)F)C1CCCCC1. The van der Waals surface area contributed by atoms with E-state index in [-0.39, 0.29) is 29.0 Å². The van der Waals surface area contributed by atoms with E-state index in [4.69, 9.17) is 16.0 Å². The van der Waals surface area contributed by atoms with Crippen molar-refractivity contribution in [3.8, 4) is 0 Å². The molecule has 1 aliphatic heterocycles. The zero-order valence-electron chi connectivity index (χ0n) is 15.9. The summed E-state index contributed by atoms with van der Waals surface area (Å²) in [4.78, 5) is 14.5. The molecule has 2 aromatic rings. The van der Waals surface area contributed by atoms with Gasteiger partial charge in [0.25, 0.3) is 5.91 Å². The largest absolute Gasteiger partial charge is 0.467 e. The zero-order valence-corrected chi connectivity index (χ0v) is 16.6. The van der Waals surface area contributed by atoms with E-state index >= 15 is 0 Å². The first-order valence-corrected chi connectivity index (χ1v) is 10.1. The molecule has 1 fully saturated rings. The Balaban J connectivity index is 1.68. The Kier molecular flexibility index (Phi) is 5.27. The topological polar surface area (TPSA) is 63.3 Å². The van der Waals surface area contributed by atoms with E-state index in [1.54, 1.807) is 24.1 Å². The minimum Gasteiger partial charge on any atom is -0.467 e. The number of nitrogens with one attached hydrogen (secondary N) is 1. The maximum Gasteiger partial charge on any atom is 0.410 e. The molecule has 2 aliphatic rings. The highest BCUT2D eigenvalue weighted by Gasteiger charge is 2.48. The lowest BCUT2D eigenvalue weighted by molar-refractivity contribution is -0.174. The third-order valence-electron chi connectivity index (χ3n) is 5.83. The summed E-state index contributed by atoms with van der Waals surface area (Å²) in [6, 6.07) is 0.633. The number of hydrogen-bond donors (Lipinski definition) is 1. The fourth-order valence-electron chi connectivity index (χ4n) is 4.20. The molecule has 1 aliphatic carbocycles. The van der Waals surface area contributed by atoms with Gasteiger partial charge in [-0.2, -0.15) is 18.3 Å². The van der Waals surface area contributed by atoms with Gasteiger partial charge in [-0.05, 0) is 25.0 Å². The summed E-state index contributed by atoms with van der Waals surface area (Å²) in [6.45, 7) is 0. The van der Waals surface area contributed by atoms with Crippen LogP contribution in [-0.4, -0.2) is 39.9 Å². The van der Waals surface area contributed by atoms with Crippen molar-refractivity contribution in [2.45, 2.75) is 62.8 Å². The third-order valence-corrected chi connectivity index (χ3v) is 6.19. The van der Waals surface area contributed by atoms with Crippen molar-refractivity contribution in [3.63, 3.8) is 0 Å². The molecule has 2 aromatic heterocycles. The van der Waals surface area contributed by atoms with Crippen LogP contribution in [0.1, 0.15) is 66.9 Å². The number of nitrogens with zero attached hydrogens (tertiary/aromatic N) is 3. The Morgan fingerprint density at radius 1 is 1.34 bits per heavy atom. The number of halogens is 4. The standard InChI is InChI=1S/C19H22ClF3N4O2/c1-26(11-6-3-2-4-7-11)18(28)16-15(20)17-24-12(13-8-5-9-29-13)10-14(19(21,22)23)27(17)25-16/h5,8-9,11-12,14,24H,2-4,6-7,10H2,1H3. The summed E-state index contributed by atoms with van der Waals surface area (Å²) < 4.78 is 47.4. The van der Waals surface area contributed by atoms with Crippen molar-refractivity contribution in [1.82, 2.24) is 14.7 Å². The Labute approximate surface area is 171 Å². The van der Waals surface area contributed by atoms with Gasteiger partial charge in [0.1, 0.15) is 16.6 Å². The van der Waals surface area contributed by atoms with Gasteiger partial charge in [0, 0.05) is 19.5 Å². The maximum atomic E-state index is 13.8. The van der Waals surface area contributed by atoms with E-state index in [0.29, 0.717) is 5.76 Å². The number of alkyl halides is 3. The smallest absolute Gasteiger partial charge is 0.410 e. The number of aromatic nitrogens is 2. The summed E-state index contributed by atoms with van der Waals surface area (Å²) >= 11 is 6.37. The number of anilines is 1. The summed E-state index contributed by atoms with van der Waals surface area (Å²) in [7, 11) is 1.66. The van der Waals surface area contributed by atoms with Gasteiger partial charge in [0.2, 0.25) is 0 Å². The lowest BCUT2D eigenvalue weighted by Gasteiger charge is -2.32. The molecule has 0 bridgehead atoms. The summed E-state index contributed by atoms with van der Waals surface area (Å²) in [5.74, 6) is -0.0990. The molecule has 4 rings (SSSR count). The minimum atomic E-state index is -4.55. The van der Waals surface area contributed by atoms with Crippen LogP contribution in [0.25, 0.3) is 0 Å². The molecule has 0 aromatic carbocycles. The van der Waals surface area contributed by atoms with Crippen LogP contribution in [0.5, 0.6) is 0 Å². The lowest BCUT2D eigenvalue weighted by Crippen LogP contribution is -2.39. The minimum absolute atomic E-state index is 0.0120. The lowest BCUT2D eigenvalue weighted by atomic mass is 9.94. The average Bonchev–Trinajstić information content (AvgIpc) is 3.35. The number of carbonyl (C=O) groups excluding carboxylic acids is 1. The highest BCUT2D eigenvalue weighted by Crippen LogP contribution is 2.46. The Morgan fingerprint density at radius 2 is 2.07 bits per heavy atom. The highest BCUT2D eigenvalue weighted by atomic mass is 35.5. The zero-order chi connectivity index (χ0) is 20.8. The molecule has 0 radical (unpaired) electrons. The summed E-state index contributed by atoms with van der Waals surface area (Å²) in [5.41, 5.74) is -0.156. The van der Waals surface area contributed by atoms with Crippen molar-refractivity contribution in [2.75, 3.05) is 12.4 Å². The number of hydrogen-bond acceptors (Lipinski definition) is 4. The van der Waals surface area contributed by atoms with Gasteiger partial charge in [0.15, 0.2) is 11.7 Å². The fourth-order valence-corrected chi connectivity index (χ4v) is 4.46. The van der Waals surface area contributed by atoms with E-state index < -0.39 is 24.2 Å². The van der Waals surface area contributed by atoms with Crippen molar-refractivity contribution in [2.24, 2.45) is 0 Å². The number of rotatable bonds is 3. The molecule has 1 amide bonds. The summed E-state index contributed by atoms with van der Waals surface area (Å²) in [6.07, 6.45) is 1.47. The van der Waals surface area contributed by atoms with Crippen LogP contribution in [0.3, 0.4) is 0 Å². The van der Waals surface area contributed by atoms with Crippen molar-refractivity contribution >= 4 is 23.3 Å². The number of furan rings is 1. The molecule has 10 heteroatoms. The first kappa shape index (κ1) is 20.1. The predicted octanol–water partition coefficient (Wildman–Crippen LogP) is 5.19. The van der Waals surface area contributed by atoms with Gasteiger partial charge < -0.3 is 14.6 Å². The molecular formula is C19H22ClF3N4O2. The molecule has 0 saturated heterocycles. The monoisotopic (exact) mass is 430 g/mol. The second-order valence-electron chi connectivity index (χ2n) is 7.67. The maximum absolute atomic E-state index is 13.8. The molecule has 1 saturated carbocycles. The molecule has 29 heavy (non-hydrogen) atoms. The van der Waals surface area contributed by atoms with Crippen LogP contribution in [-0.2, 0) is 0 Å². The molecule has 158 valence electrons. The Hall–Kier alpha value is -2.16. The molecule has 3 heterocycles. The van der Waals surface area contributed by atoms with Crippen molar-refractivity contribution in [3.05, 3.63) is 34.9 Å². The quantitative estimate of drug-likeness (QED) is 0.727. The van der Waals surface area contributed by atoms with Crippen LogP contribution in [0.15, 0.2) is 22.8 Å². The Bertz CT molecular complexity index is 875. The molecule has 2 unspecified atom stereocenters. The summed E-state index contributed by atoms with van der Waals surface area (Å²) in [5, 5.41) is 6.88. The first-order chi connectivity index (χ1) is 13.8. The second-order valence-corrected chi connectivity index (χ2v) is 8.05. The molecular weight excluding hydrogens is 409 g/mol. The Morgan fingerprint density at radius 3 is 2.69 bits per heavy atom. The molecule has 6 nitrogen and oxygen atoms in total. The van der Waals surface area contributed by atoms with Gasteiger partial charge in [0.05, 0.1) is 12.3 Å². The average molecular weight is 431 g/mol. The second kappa shape index (κ2) is 7.59. The van der Waals surface area contributed by atoms with Crippen molar-refractivity contribution in [1.29, 1.82) is 0 Å². The van der Waals surface area contributed by atoms with Gasteiger partial charge in [-0.15, -0.1) is 0 Å². The predicted molar refractivity (Wildman–Crippen MR) is 101 cm³/mol. The van der Waals surface area contributed by atoms with E-state index in [2.05, 4.69) is 10.4 Å². The first-order valence-electron chi connectivity index (χ1n) is 9.69. The van der Waals surface area contributed by atoms with Crippen molar-refractivity contribution < 1.29 is 22.4 Å². The fraction of sp³-hybridized carbons (Fsp3) is 0.579. The van der Waals surface area contributed by atoms with E-state index in [0.717, 1.165) is 36.8 Å². The van der Waals surface area contributed by atoms with E-state index in [1.165, 1.54) is 6.26 Å². The molecule has 1 N–H and O–H groups in total. The van der Waals surface area contributed by atoms with Gasteiger partial charge in [-0.25, -0.2) is 4.68 Å². The molecule has 0 spiro atoms. The van der Waals surface area contributed by atoms with Crippen LogP contribution < -0.4 is 5.32 Å². The van der Waals surface area contributed by atoms with Gasteiger partial charge >= 0.3 is 6.18 Å². The van der Waals surface area contributed by atoms with Crippen LogP contribution in [0.2, 0.25) is 5.02 Å². The highest BCUT2D eigenvalue weighted by molar-refractivity contribution is 6.36. The van der Waals surface area contributed by atoms with Gasteiger partial charge in [-0.3, -0.25) is 4.79 Å². The normalized spacial score (nSPS) is 22.8. The van der Waals surface area contributed by atoms with Crippen LogP contribution in [0.4, 0.5) is 19.0 Å². The van der Waals surface area contributed by atoms with Crippen LogP contribution in [0, 0.1) is 0 Å². The number of amides is 1. The van der Waals surface area contributed by atoms with Gasteiger partial charge in [-0.1, -0.05) is 30.9 Å². The third kappa shape index (κ3) is 3.72.